The van der Waals surface area contributed by atoms with E-state index in [4.69, 9.17) is 4.74 Å². The fraction of sp³-hybridized carbons (Fsp3) is 0.357. The van der Waals surface area contributed by atoms with Crippen molar-refractivity contribution in [3.63, 3.8) is 0 Å². The number of nitrogens with zero attached hydrogens (tertiary/aromatic N) is 2. The van der Waals surface area contributed by atoms with E-state index in [0.29, 0.717) is 11.6 Å². The topological polar surface area (TPSA) is 39.1 Å². The molecule has 0 aliphatic heterocycles. The normalized spacial score (nSPS) is 10.8. The molecule has 1 N–H and O–H groups in total. The van der Waals surface area contributed by atoms with Gasteiger partial charge >= 0.3 is 0 Å². The third-order valence-electron chi connectivity index (χ3n) is 2.82. The standard InChI is InChI=1S/C14H18FN3O/c1-9(2)18-8-10(3)16-14(18)17-11-5-6-13(19-4)12(15)7-11/h5-9H,1-4H3,(H,16,17). The molecule has 1 aromatic heterocycles. The highest BCUT2D eigenvalue weighted by atomic mass is 19.1. The maximum absolute atomic E-state index is 13.6. The Morgan fingerprint density at radius 1 is 1.37 bits per heavy atom. The molecule has 102 valence electrons. The molecule has 5 heteroatoms. The number of imidazole rings is 1. The molecule has 1 heterocycles. The number of ether oxygens (including phenoxy) is 1. The number of hydrogen-bond acceptors (Lipinski definition) is 3. The average molecular weight is 263 g/mol. The van der Waals surface area contributed by atoms with E-state index in [2.05, 4.69) is 24.1 Å². The molecule has 0 amide bonds. The quantitative estimate of drug-likeness (QED) is 0.914. The molecule has 0 saturated heterocycles. The summed E-state index contributed by atoms with van der Waals surface area (Å²) in [6, 6.07) is 5.03. The van der Waals surface area contributed by atoms with Gasteiger partial charge in [0.25, 0.3) is 0 Å². The van der Waals surface area contributed by atoms with Crippen molar-refractivity contribution in [2.75, 3.05) is 12.4 Å². The van der Waals surface area contributed by atoms with Crippen LogP contribution in [0.2, 0.25) is 0 Å². The van der Waals surface area contributed by atoms with Crippen LogP contribution in [0, 0.1) is 12.7 Å². The number of halogens is 1. The molecule has 0 aliphatic rings. The van der Waals surface area contributed by atoms with E-state index < -0.39 is 5.82 Å². The van der Waals surface area contributed by atoms with E-state index in [9.17, 15) is 4.39 Å². The number of methoxy groups -OCH3 is 1. The Kier molecular flexibility index (Phi) is 3.74. The van der Waals surface area contributed by atoms with Crippen LogP contribution in [-0.2, 0) is 0 Å². The molecule has 2 rings (SSSR count). The molecule has 0 saturated carbocycles. The molecule has 1 aromatic carbocycles. The van der Waals surface area contributed by atoms with Gasteiger partial charge in [0.15, 0.2) is 11.6 Å². The fourth-order valence-electron chi connectivity index (χ4n) is 1.88. The van der Waals surface area contributed by atoms with Crippen molar-refractivity contribution in [1.82, 2.24) is 9.55 Å². The highest BCUT2D eigenvalue weighted by molar-refractivity contribution is 5.55. The molecule has 0 radical (unpaired) electrons. The second-order valence-electron chi connectivity index (χ2n) is 4.68. The molecule has 0 spiro atoms. The lowest BCUT2D eigenvalue weighted by atomic mass is 10.3. The molecule has 2 aromatic rings. The Morgan fingerprint density at radius 3 is 2.68 bits per heavy atom. The lowest BCUT2D eigenvalue weighted by Gasteiger charge is -2.13. The van der Waals surface area contributed by atoms with Crippen LogP contribution in [0.3, 0.4) is 0 Å². The number of hydrogen-bond donors (Lipinski definition) is 1. The van der Waals surface area contributed by atoms with Crippen molar-refractivity contribution in [3.8, 4) is 5.75 Å². The first kappa shape index (κ1) is 13.4. The molecular weight excluding hydrogens is 245 g/mol. The smallest absolute Gasteiger partial charge is 0.207 e. The van der Waals surface area contributed by atoms with E-state index in [1.54, 1.807) is 12.1 Å². The zero-order chi connectivity index (χ0) is 14.0. The SMILES string of the molecule is COc1ccc(Nc2nc(C)cn2C(C)C)cc1F. The van der Waals surface area contributed by atoms with Crippen LogP contribution in [0.25, 0.3) is 0 Å². The summed E-state index contributed by atoms with van der Waals surface area (Å²) >= 11 is 0. The summed E-state index contributed by atoms with van der Waals surface area (Å²) in [7, 11) is 1.44. The van der Waals surface area contributed by atoms with Crippen LogP contribution in [0.4, 0.5) is 16.0 Å². The van der Waals surface area contributed by atoms with E-state index in [-0.39, 0.29) is 11.8 Å². The Labute approximate surface area is 112 Å². The summed E-state index contributed by atoms with van der Waals surface area (Å²) in [4.78, 5) is 4.40. The predicted octanol–water partition coefficient (Wildman–Crippen LogP) is 3.66. The van der Waals surface area contributed by atoms with Gasteiger partial charge in [-0.15, -0.1) is 0 Å². The molecule has 0 unspecified atom stereocenters. The summed E-state index contributed by atoms with van der Waals surface area (Å²) in [6.07, 6.45) is 1.97. The van der Waals surface area contributed by atoms with E-state index in [1.807, 2.05) is 17.7 Å². The number of aromatic nitrogens is 2. The Bertz CT molecular complexity index is 578. The average Bonchev–Trinajstić information content (AvgIpc) is 2.70. The van der Waals surface area contributed by atoms with Gasteiger partial charge in [0.2, 0.25) is 5.95 Å². The van der Waals surface area contributed by atoms with Crippen molar-refractivity contribution in [2.24, 2.45) is 0 Å². The summed E-state index contributed by atoms with van der Waals surface area (Å²) < 4.78 is 20.5. The lowest BCUT2D eigenvalue weighted by molar-refractivity contribution is 0.386. The number of benzene rings is 1. The molecule has 0 aliphatic carbocycles. The zero-order valence-electron chi connectivity index (χ0n) is 11.6. The Morgan fingerprint density at radius 2 is 2.11 bits per heavy atom. The number of aryl methyl sites for hydroxylation is 1. The summed E-state index contributed by atoms with van der Waals surface area (Å²) in [5.41, 5.74) is 1.57. The van der Waals surface area contributed by atoms with Crippen molar-refractivity contribution < 1.29 is 9.13 Å². The second kappa shape index (κ2) is 5.30. The summed E-state index contributed by atoms with van der Waals surface area (Å²) in [5.74, 6) is 0.540. The first-order chi connectivity index (χ1) is 9.01. The van der Waals surface area contributed by atoms with Gasteiger partial charge in [-0.2, -0.15) is 0 Å². The fourth-order valence-corrected chi connectivity index (χ4v) is 1.88. The lowest BCUT2D eigenvalue weighted by Crippen LogP contribution is -2.05. The Balaban J connectivity index is 2.28. The van der Waals surface area contributed by atoms with Gasteiger partial charge in [0.05, 0.1) is 12.8 Å². The third-order valence-corrected chi connectivity index (χ3v) is 2.82. The first-order valence-corrected chi connectivity index (χ1v) is 6.17. The van der Waals surface area contributed by atoms with Crippen LogP contribution in [-0.4, -0.2) is 16.7 Å². The number of nitrogens with one attached hydrogen (secondary N) is 1. The number of anilines is 2. The van der Waals surface area contributed by atoms with Crippen molar-refractivity contribution in [2.45, 2.75) is 26.8 Å². The maximum atomic E-state index is 13.6. The molecule has 4 nitrogen and oxygen atoms in total. The van der Waals surface area contributed by atoms with Gasteiger partial charge in [-0.1, -0.05) is 0 Å². The van der Waals surface area contributed by atoms with E-state index >= 15 is 0 Å². The van der Waals surface area contributed by atoms with E-state index in [1.165, 1.54) is 13.2 Å². The molecular formula is C14H18FN3O. The minimum atomic E-state index is -0.396. The van der Waals surface area contributed by atoms with E-state index in [0.717, 1.165) is 5.69 Å². The molecule has 0 fully saturated rings. The minimum Gasteiger partial charge on any atom is -0.494 e. The van der Waals surface area contributed by atoms with Gasteiger partial charge in [0, 0.05) is 24.0 Å². The van der Waals surface area contributed by atoms with Crippen LogP contribution in [0.5, 0.6) is 5.75 Å². The van der Waals surface area contributed by atoms with Crippen molar-refractivity contribution in [3.05, 3.63) is 35.9 Å². The van der Waals surface area contributed by atoms with Crippen LogP contribution in [0.1, 0.15) is 25.6 Å². The summed E-state index contributed by atoms with van der Waals surface area (Å²) in [6.45, 7) is 6.07. The van der Waals surface area contributed by atoms with Crippen LogP contribution in [0.15, 0.2) is 24.4 Å². The van der Waals surface area contributed by atoms with Crippen LogP contribution < -0.4 is 10.1 Å². The first-order valence-electron chi connectivity index (χ1n) is 6.17. The Hall–Kier alpha value is -2.04. The maximum Gasteiger partial charge on any atom is 0.207 e. The van der Waals surface area contributed by atoms with Crippen molar-refractivity contribution in [1.29, 1.82) is 0 Å². The molecule has 19 heavy (non-hydrogen) atoms. The van der Waals surface area contributed by atoms with Gasteiger partial charge in [-0.05, 0) is 32.9 Å². The van der Waals surface area contributed by atoms with Gasteiger partial charge < -0.3 is 14.6 Å². The van der Waals surface area contributed by atoms with Gasteiger partial charge in [-0.3, -0.25) is 0 Å². The van der Waals surface area contributed by atoms with Gasteiger partial charge in [0.1, 0.15) is 0 Å². The molecule has 0 atom stereocenters. The summed E-state index contributed by atoms with van der Waals surface area (Å²) in [5, 5.41) is 3.12. The van der Waals surface area contributed by atoms with Crippen molar-refractivity contribution >= 4 is 11.6 Å². The highest BCUT2D eigenvalue weighted by Gasteiger charge is 2.10. The predicted molar refractivity (Wildman–Crippen MR) is 73.6 cm³/mol. The molecule has 0 bridgehead atoms. The van der Waals surface area contributed by atoms with Gasteiger partial charge in [-0.25, -0.2) is 9.37 Å². The third kappa shape index (κ3) is 2.86. The second-order valence-corrected chi connectivity index (χ2v) is 4.68. The monoisotopic (exact) mass is 263 g/mol. The number of rotatable bonds is 4. The zero-order valence-corrected chi connectivity index (χ0v) is 11.6. The minimum absolute atomic E-state index is 0.230. The highest BCUT2D eigenvalue weighted by Crippen LogP contribution is 2.24. The van der Waals surface area contributed by atoms with Crippen LogP contribution >= 0.6 is 0 Å². The largest absolute Gasteiger partial charge is 0.494 e.